The summed E-state index contributed by atoms with van der Waals surface area (Å²) in [6.45, 7) is 1.61. The Labute approximate surface area is 111 Å². The molecular formula is C12H15NO5S. The molecule has 19 heavy (non-hydrogen) atoms. The standard InChI is InChI=1S/C12H15NO5S/c1-7-2-3-8(12(15)16)4-11(7)19(17,18)13-9-5-10(14)6-9/h2-4,9-10,13-14H,5-6H2,1H3,(H,15,16). The highest BCUT2D eigenvalue weighted by molar-refractivity contribution is 7.89. The number of nitrogens with one attached hydrogen (secondary N) is 1. The van der Waals surface area contributed by atoms with Gasteiger partial charge in [0, 0.05) is 6.04 Å². The van der Waals surface area contributed by atoms with Crippen molar-refractivity contribution in [2.75, 3.05) is 0 Å². The maximum Gasteiger partial charge on any atom is 0.335 e. The van der Waals surface area contributed by atoms with E-state index in [0.29, 0.717) is 18.4 Å². The number of benzene rings is 1. The van der Waals surface area contributed by atoms with E-state index < -0.39 is 22.1 Å². The van der Waals surface area contributed by atoms with Crippen LogP contribution in [0.15, 0.2) is 23.1 Å². The lowest BCUT2D eigenvalue weighted by Gasteiger charge is -2.31. The minimum atomic E-state index is -3.75. The van der Waals surface area contributed by atoms with Crippen molar-refractivity contribution in [1.82, 2.24) is 4.72 Å². The van der Waals surface area contributed by atoms with Crippen LogP contribution in [0.2, 0.25) is 0 Å². The van der Waals surface area contributed by atoms with Crippen LogP contribution in [0.4, 0.5) is 0 Å². The minimum Gasteiger partial charge on any atom is -0.478 e. The molecule has 3 N–H and O–H groups in total. The van der Waals surface area contributed by atoms with Gasteiger partial charge in [0.2, 0.25) is 10.0 Å². The molecule has 0 aromatic heterocycles. The topological polar surface area (TPSA) is 104 Å². The van der Waals surface area contributed by atoms with Crippen molar-refractivity contribution < 1.29 is 23.4 Å². The highest BCUT2D eigenvalue weighted by atomic mass is 32.2. The van der Waals surface area contributed by atoms with E-state index in [0.717, 1.165) is 6.07 Å². The van der Waals surface area contributed by atoms with Crippen LogP contribution in [0.25, 0.3) is 0 Å². The molecule has 1 fully saturated rings. The second-order valence-corrected chi connectivity index (χ2v) is 6.41. The van der Waals surface area contributed by atoms with E-state index in [4.69, 9.17) is 10.2 Å². The van der Waals surface area contributed by atoms with Crippen LogP contribution < -0.4 is 4.72 Å². The Kier molecular flexibility index (Phi) is 3.62. The van der Waals surface area contributed by atoms with Gasteiger partial charge in [-0.3, -0.25) is 0 Å². The predicted molar refractivity (Wildman–Crippen MR) is 67.5 cm³/mol. The second kappa shape index (κ2) is 4.92. The Hall–Kier alpha value is -1.44. The van der Waals surface area contributed by atoms with Crippen molar-refractivity contribution in [2.45, 2.75) is 36.8 Å². The number of sulfonamides is 1. The van der Waals surface area contributed by atoms with Gasteiger partial charge >= 0.3 is 5.97 Å². The van der Waals surface area contributed by atoms with E-state index in [1.807, 2.05) is 0 Å². The average Bonchev–Trinajstić information content (AvgIpc) is 2.26. The monoisotopic (exact) mass is 285 g/mol. The molecule has 0 heterocycles. The number of carbonyl (C=O) groups is 1. The molecule has 6 nitrogen and oxygen atoms in total. The molecule has 104 valence electrons. The molecule has 7 heteroatoms. The molecule has 1 aromatic rings. The first-order valence-electron chi connectivity index (χ1n) is 5.84. The second-order valence-electron chi connectivity index (χ2n) is 4.73. The van der Waals surface area contributed by atoms with E-state index >= 15 is 0 Å². The Morgan fingerprint density at radius 3 is 2.53 bits per heavy atom. The summed E-state index contributed by atoms with van der Waals surface area (Å²) in [6, 6.07) is 3.69. The van der Waals surface area contributed by atoms with Gasteiger partial charge < -0.3 is 10.2 Å². The number of hydrogen-bond acceptors (Lipinski definition) is 4. The third-order valence-corrected chi connectivity index (χ3v) is 4.82. The molecule has 0 atom stereocenters. The zero-order valence-corrected chi connectivity index (χ0v) is 11.1. The van der Waals surface area contributed by atoms with Crippen molar-refractivity contribution in [3.05, 3.63) is 29.3 Å². The van der Waals surface area contributed by atoms with E-state index in [1.54, 1.807) is 6.92 Å². The lowest BCUT2D eigenvalue weighted by Crippen LogP contribution is -2.46. The predicted octanol–water partition coefficient (Wildman–Crippen LogP) is 0.495. The molecule has 1 aromatic carbocycles. The molecule has 2 rings (SSSR count). The molecule has 0 radical (unpaired) electrons. The number of aliphatic hydroxyl groups is 1. The SMILES string of the molecule is Cc1ccc(C(=O)O)cc1S(=O)(=O)NC1CC(O)C1. The number of aliphatic hydroxyl groups excluding tert-OH is 1. The number of rotatable bonds is 4. The lowest BCUT2D eigenvalue weighted by molar-refractivity contribution is 0.0695. The Morgan fingerprint density at radius 2 is 2.00 bits per heavy atom. The van der Waals surface area contributed by atoms with Crippen molar-refractivity contribution in [2.24, 2.45) is 0 Å². The third-order valence-electron chi connectivity index (χ3n) is 3.16. The van der Waals surface area contributed by atoms with Crippen LogP contribution in [-0.4, -0.2) is 36.7 Å². The summed E-state index contributed by atoms with van der Waals surface area (Å²) >= 11 is 0. The lowest BCUT2D eigenvalue weighted by atomic mass is 9.91. The third kappa shape index (κ3) is 2.94. The van der Waals surface area contributed by atoms with Gasteiger partial charge in [-0.05, 0) is 37.5 Å². The molecule has 0 bridgehead atoms. The van der Waals surface area contributed by atoms with Crippen LogP contribution in [-0.2, 0) is 10.0 Å². The van der Waals surface area contributed by atoms with E-state index in [2.05, 4.69) is 4.72 Å². The van der Waals surface area contributed by atoms with Crippen LogP contribution in [0, 0.1) is 6.92 Å². The van der Waals surface area contributed by atoms with Gasteiger partial charge in [0.25, 0.3) is 0 Å². The molecule has 0 amide bonds. The smallest absolute Gasteiger partial charge is 0.335 e. The van der Waals surface area contributed by atoms with Gasteiger partial charge in [0.15, 0.2) is 0 Å². The van der Waals surface area contributed by atoms with Crippen molar-refractivity contribution in [3.63, 3.8) is 0 Å². The fraction of sp³-hybridized carbons (Fsp3) is 0.417. The van der Waals surface area contributed by atoms with Gasteiger partial charge in [-0.1, -0.05) is 6.07 Å². The summed E-state index contributed by atoms with van der Waals surface area (Å²) in [5.41, 5.74) is 0.414. The maximum absolute atomic E-state index is 12.2. The maximum atomic E-state index is 12.2. The number of aryl methyl sites for hydroxylation is 1. The first kappa shape index (κ1) is 14.0. The first-order valence-corrected chi connectivity index (χ1v) is 7.32. The minimum absolute atomic E-state index is 0.0335. The molecule has 0 unspecified atom stereocenters. The number of carboxylic acid groups (broad SMARTS) is 1. The van der Waals surface area contributed by atoms with Crippen molar-refractivity contribution >= 4 is 16.0 Å². The fourth-order valence-electron chi connectivity index (χ4n) is 1.99. The van der Waals surface area contributed by atoms with Gasteiger partial charge in [-0.2, -0.15) is 0 Å². The van der Waals surface area contributed by atoms with E-state index in [9.17, 15) is 13.2 Å². The van der Waals surface area contributed by atoms with Crippen molar-refractivity contribution in [3.8, 4) is 0 Å². The van der Waals surface area contributed by atoms with Gasteiger partial charge in [0.1, 0.15) is 0 Å². The zero-order valence-electron chi connectivity index (χ0n) is 10.3. The molecule has 0 saturated heterocycles. The van der Waals surface area contributed by atoms with E-state index in [-0.39, 0.29) is 16.5 Å². The number of hydrogen-bond donors (Lipinski definition) is 3. The molecule has 1 aliphatic rings. The summed E-state index contributed by atoms with van der Waals surface area (Å²) in [6.07, 6.45) is 0.313. The summed E-state index contributed by atoms with van der Waals surface area (Å²) in [7, 11) is -3.75. The first-order chi connectivity index (χ1) is 8.79. The van der Waals surface area contributed by atoms with E-state index in [1.165, 1.54) is 12.1 Å². The molecule has 1 aliphatic carbocycles. The van der Waals surface area contributed by atoms with Crippen LogP contribution in [0.5, 0.6) is 0 Å². The molecule has 1 saturated carbocycles. The largest absolute Gasteiger partial charge is 0.478 e. The van der Waals surface area contributed by atoms with Crippen LogP contribution >= 0.6 is 0 Å². The Morgan fingerprint density at radius 1 is 1.37 bits per heavy atom. The Balaban J connectivity index is 2.29. The van der Waals surface area contributed by atoms with Gasteiger partial charge in [-0.15, -0.1) is 0 Å². The fourth-order valence-corrected chi connectivity index (χ4v) is 3.52. The van der Waals surface area contributed by atoms with Gasteiger partial charge in [0.05, 0.1) is 16.6 Å². The summed E-state index contributed by atoms with van der Waals surface area (Å²) in [5.74, 6) is -1.17. The molecule has 0 spiro atoms. The summed E-state index contributed by atoms with van der Waals surface area (Å²) in [4.78, 5) is 10.8. The highest BCUT2D eigenvalue weighted by Gasteiger charge is 2.32. The van der Waals surface area contributed by atoms with Crippen LogP contribution in [0.3, 0.4) is 0 Å². The summed E-state index contributed by atoms with van der Waals surface area (Å²) < 4.78 is 26.8. The van der Waals surface area contributed by atoms with Crippen LogP contribution in [0.1, 0.15) is 28.8 Å². The van der Waals surface area contributed by atoms with Crippen molar-refractivity contribution in [1.29, 1.82) is 0 Å². The highest BCUT2D eigenvalue weighted by Crippen LogP contribution is 2.23. The molecular weight excluding hydrogens is 270 g/mol. The summed E-state index contributed by atoms with van der Waals surface area (Å²) in [5, 5.41) is 18.0. The Bertz CT molecular complexity index is 605. The zero-order chi connectivity index (χ0) is 14.2. The van der Waals surface area contributed by atoms with Gasteiger partial charge in [-0.25, -0.2) is 17.9 Å². The normalized spacial score (nSPS) is 22.8. The molecule has 0 aliphatic heterocycles. The number of carboxylic acids is 1. The number of aromatic carboxylic acids is 1. The quantitative estimate of drug-likeness (QED) is 0.747. The average molecular weight is 285 g/mol.